The fourth-order valence-corrected chi connectivity index (χ4v) is 14.4. The maximum Gasteiger partial charge on any atom is 0.474 e. The molecule has 4 nitrogen and oxygen atoms in total. The molecule has 1 saturated heterocycles. The third-order valence-electron chi connectivity index (χ3n) is 5.21. The molecule has 7 heteroatoms. The average molecular weight is 373 g/mol. The van der Waals surface area contributed by atoms with E-state index in [0.29, 0.717) is 5.94 Å². The zero-order valence-electron chi connectivity index (χ0n) is 17.9. The Morgan fingerprint density at radius 1 is 0.917 bits per heavy atom. The Balaban J connectivity index is 3.16. The van der Waals surface area contributed by atoms with Gasteiger partial charge in [0.1, 0.15) is 16.5 Å². The Kier molecular flexibility index (Phi) is 7.02. The molecule has 24 heavy (non-hydrogen) atoms. The van der Waals surface area contributed by atoms with E-state index in [1.807, 2.05) is 0 Å². The van der Waals surface area contributed by atoms with Gasteiger partial charge >= 0.3 is 7.12 Å². The van der Waals surface area contributed by atoms with Crippen molar-refractivity contribution in [3.63, 3.8) is 0 Å². The SMILES string of the molecule is COCCCC(B1OC(C)(C)C(C)(C)O1)N([Si](C)(C)C)[Si](C)(C)C. The van der Waals surface area contributed by atoms with Crippen LogP contribution in [0.3, 0.4) is 0 Å². The van der Waals surface area contributed by atoms with Gasteiger partial charge in [0.2, 0.25) is 0 Å². The summed E-state index contributed by atoms with van der Waals surface area (Å²) in [7, 11) is -1.41. The number of hydrogen-bond acceptors (Lipinski definition) is 4. The van der Waals surface area contributed by atoms with Gasteiger partial charge < -0.3 is 18.3 Å². The van der Waals surface area contributed by atoms with Crippen LogP contribution in [0.4, 0.5) is 0 Å². The zero-order chi connectivity index (χ0) is 19.0. The van der Waals surface area contributed by atoms with Crippen LogP contribution < -0.4 is 0 Å². The van der Waals surface area contributed by atoms with E-state index >= 15 is 0 Å². The zero-order valence-corrected chi connectivity index (χ0v) is 19.9. The summed E-state index contributed by atoms with van der Waals surface area (Å²) in [6.45, 7) is 24.0. The molecular weight excluding hydrogens is 333 g/mol. The van der Waals surface area contributed by atoms with Gasteiger partial charge in [-0.25, -0.2) is 0 Å². The Morgan fingerprint density at radius 2 is 1.33 bits per heavy atom. The molecule has 0 aliphatic carbocycles. The van der Waals surface area contributed by atoms with Crippen LogP contribution in [-0.4, -0.2) is 58.7 Å². The summed E-state index contributed by atoms with van der Waals surface area (Å²) in [4.78, 5) is 0. The average Bonchev–Trinajstić information content (AvgIpc) is 2.53. The van der Waals surface area contributed by atoms with Gasteiger partial charge in [0.05, 0.1) is 11.2 Å². The van der Waals surface area contributed by atoms with Crippen LogP contribution in [0.15, 0.2) is 0 Å². The standard InChI is InChI=1S/C17H40BNO3Si2/c1-16(2)17(3,4)22-18(21-16)15(13-12-14-20-5)19(23(6,7)8)24(9,10)11/h15H,12-14H2,1-11H3. The van der Waals surface area contributed by atoms with E-state index in [1.165, 1.54) is 0 Å². The molecule has 1 heterocycles. The Hall–Kier alpha value is 0.339. The van der Waals surface area contributed by atoms with Crippen LogP contribution in [0.5, 0.6) is 0 Å². The Labute approximate surface area is 152 Å². The fourth-order valence-electron chi connectivity index (χ4n) is 3.87. The van der Waals surface area contributed by atoms with Crippen molar-refractivity contribution in [3.05, 3.63) is 0 Å². The molecule has 0 aromatic carbocycles. The van der Waals surface area contributed by atoms with E-state index in [0.717, 1.165) is 19.4 Å². The van der Waals surface area contributed by atoms with Gasteiger partial charge in [-0.1, -0.05) is 39.3 Å². The van der Waals surface area contributed by atoms with Gasteiger partial charge in [-0.15, -0.1) is 0 Å². The highest BCUT2D eigenvalue weighted by molar-refractivity contribution is 6.90. The lowest BCUT2D eigenvalue weighted by atomic mass is 9.76. The molecule has 0 saturated carbocycles. The predicted octanol–water partition coefficient (Wildman–Crippen LogP) is 4.38. The van der Waals surface area contributed by atoms with E-state index < -0.39 is 16.5 Å². The first-order valence-electron chi connectivity index (χ1n) is 9.27. The van der Waals surface area contributed by atoms with E-state index in [9.17, 15) is 0 Å². The largest absolute Gasteiger partial charge is 0.474 e. The number of hydrogen-bond donors (Lipinski definition) is 0. The minimum absolute atomic E-state index is 0.162. The number of rotatable bonds is 8. The van der Waals surface area contributed by atoms with E-state index in [2.05, 4.69) is 71.2 Å². The first kappa shape index (κ1) is 22.4. The molecule has 1 atom stereocenters. The molecule has 1 fully saturated rings. The summed E-state index contributed by atoms with van der Waals surface area (Å²) in [6.07, 6.45) is 2.09. The topological polar surface area (TPSA) is 30.9 Å². The fraction of sp³-hybridized carbons (Fsp3) is 1.00. The van der Waals surface area contributed by atoms with Crippen molar-refractivity contribution in [2.45, 2.75) is 97.0 Å². The highest BCUT2D eigenvalue weighted by Crippen LogP contribution is 2.40. The van der Waals surface area contributed by atoms with Gasteiger partial charge in [0.15, 0.2) is 0 Å². The van der Waals surface area contributed by atoms with Crippen molar-refractivity contribution in [2.24, 2.45) is 0 Å². The quantitative estimate of drug-likeness (QED) is 0.467. The van der Waals surface area contributed by atoms with E-state index in [4.69, 9.17) is 14.0 Å². The van der Waals surface area contributed by atoms with Crippen LogP contribution >= 0.6 is 0 Å². The maximum absolute atomic E-state index is 6.47. The molecule has 0 aromatic rings. The molecule has 0 radical (unpaired) electrons. The van der Waals surface area contributed by atoms with Gasteiger partial charge in [0.25, 0.3) is 0 Å². The Bertz CT molecular complexity index is 389. The highest BCUT2D eigenvalue weighted by atomic mass is 28.4. The third kappa shape index (κ3) is 5.17. The van der Waals surface area contributed by atoms with Crippen LogP contribution in [0.2, 0.25) is 39.3 Å². The van der Waals surface area contributed by atoms with Crippen molar-refractivity contribution < 1.29 is 14.0 Å². The minimum atomic E-state index is -1.51. The summed E-state index contributed by atoms with van der Waals surface area (Å²) in [6, 6.07) is 0. The van der Waals surface area contributed by atoms with Crippen LogP contribution in [0.25, 0.3) is 0 Å². The lowest BCUT2D eigenvalue weighted by molar-refractivity contribution is 0.00578. The summed E-state index contributed by atoms with van der Waals surface area (Å²) < 4.78 is 21.1. The second kappa shape index (κ2) is 7.53. The van der Waals surface area contributed by atoms with Crippen molar-refractivity contribution >= 4 is 23.6 Å². The highest BCUT2D eigenvalue weighted by Gasteiger charge is 2.56. The maximum atomic E-state index is 6.47. The molecule has 1 rings (SSSR count). The molecule has 142 valence electrons. The molecular formula is C17H40BNO3Si2. The molecule has 0 bridgehead atoms. The second-order valence-corrected chi connectivity index (χ2v) is 20.1. The summed E-state index contributed by atoms with van der Waals surface area (Å²) in [5.41, 5.74) is -0.552. The molecule has 0 amide bonds. The molecule has 0 spiro atoms. The number of methoxy groups -OCH3 is 1. The smallest absolute Gasteiger partial charge is 0.402 e. The van der Waals surface area contributed by atoms with Crippen LogP contribution in [-0.2, 0) is 14.0 Å². The predicted molar refractivity (Wildman–Crippen MR) is 110 cm³/mol. The van der Waals surface area contributed by atoms with Gasteiger partial charge in [-0.2, -0.15) is 0 Å². The molecule has 0 N–H and O–H groups in total. The molecule has 0 aromatic heterocycles. The van der Waals surface area contributed by atoms with Crippen molar-refractivity contribution in [2.75, 3.05) is 13.7 Å². The number of ether oxygens (including phenoxy) is 1. The van der Waals surface area contributed by atoms with Crippen LogP contribution in [0.1, 0.15) is 40.5 Å². The Morgan fingerprint density at radius 3 is 1.67 bits per heavy atom. The third-order valence-corrected chi connectivity index (χ3v) is 12.8. The molecule has 1 unspecified atom stereocenters. The lowest BCUT2D eigenvalue weighted by Crippen LogP contribution is -2.67. The summed E-state index contributed by atoms with van der Waals surface area (Å²) >= 11 is 0. The number of nitrogens with zero attached hydrogens (tertiary/aromatic N) is 1. The van der Waals surface area contributed by atoms with Crippen molar-refractivity contribution in [3.8, 4) is 0 Å². The molecule has 1 aliphatic rings. The minimum Gasteiger partial charge on any atom is -0.402 e. The second-order valence-electron chi connectivity index (χ2n) is 10.0. The first-order chi connectivity index (χ1) is 10.6. The first-order valence-corrected chi connectivity index (χ1v) is 16.2. The van der Waals surface area contributed by atoms with Crippen molar-refractivity contribution in [1.29, 1.82) is 0 Å². The van der Waals surface area contributed by atoms with Gasteiger partial charge in [0, 0.05) is 19.7 Å². The lowest BCUT2D eigenvalue weighted by Gasteiger charge is -2.49. The molecule has 1 aliphatic heterocycles. The van der Waals surface area contributed by atoms with Crippen molar-refractivity contribution in [1.82, 2.24) is 4.23 Å². The monoisotopic (exact) mass is 373 g/mol. The van der Waals surface area contributed by atoms with E-state index in [1.54, 1.807) is 7.11 Å². The van der Waals surface area contributed by atoms with Gasteiger partial charge in [-0.3, -0.25) is 0 Å². The normalized spacial score (nSPS) is 22.2. The summed E-state index contributed by atoms with van der Waals surface area (Å²) in [5, 5.41) is 0. The summed E-state index contributed by atoms with van der Waals surface area (Å²) in [5.74, 6) is 0.305. The van der Waals surface area contributed by atoms with E-state index in [-0.39, 0.29) is 18.3 Å². The van der Waals surface area contributed by atoms with Gasteiger partial charge in [-0.05, 0) is 40.5 Å². The van der Waals surface area contributed by atoms with Crippen LogP contribution in [0, 0.1) is 0 Å².